The quantitative estimate of drug-likeness (QED) is 0.830. The number of hydrogen-bond donors (Lipinski definition) is 1. The van der Waals surface area contributed by atoms with Crippen LogP contribution in [0.5, 0.6) is 0 Å². The third kappa shape index (κ3) is 5.61. The predicted octanol–water partition coefficient (Wildman–Crippen LogP) is 1.73. The number of carbonyl (C=O) groups excluding carboxylic acids is 1. The number of aromatic nitrogens is 1. The van der Waals surface area contributed by atoms with E-state index in [9.17, 15) is 9.59 Å². The molecule has 1 atom stereocenters. The number of thioether (sulfide) groups is 1. The second kappa shape index (κ2) is 7.49. The molecule has 0 aliphatic rings. The molecule has 0 spiro atoms. The van der Waals surface area contributed by atoms with Crippen molar-refractivity contribution in [1.82, 2.24) is 9.88 Å². The number of carboxylic acid groups (broad SMARTS) is 1. The smallest absolute Gasteiger partial charge is 0.307 e. The second-order valence-corrected chi connectivity index (χ2v) is 6.42. The minimum absolute atomic E-state index is 0.0352. The number of thiazole rings is 1. The Kier molecular flexibility index (Phi) is 6.30. The van der Waals surface area contributed by atoms with Crippen LogP contribution in [0.3, 0.4) is 0 Å². The van der Waals surface area contributed by atoms with Gasteiger partial charge in [0.1, 0.15) is 5.01 Å². The zero-order valence-electron chi connectivity index (χ0n) is 11.3. The van der Waals surface area contributed by atoms with Crippen molar-refractivity contribution in [2.45, 2.75) is 19.1 Å². The van der Waals surface area contributed by atoms with Gasteiger partial charge in [-0.2, -0.15) is 11.8 Å². The van der Waals surface area contributed by atoms with Crippen LogP contribution in [0.1, 0.15) is 17.6 Å². The van der Waals surface area contributed by atoms with Crippen molar-refractivity contribution in [3.63, 3.8) is 0 Å². The third-order valence-electron chi connectivity index (χ3n) is 2.44. The average molecular weight is 302 g/mol. The van der Waals surface area contributed by atoms with Crippen molar-refractivity contribution in [2.24, 2.45) is 5.92 Å². The van der Waals surface area contributed by atoms with Crippen LogP contribution >= 0.6 is 23.1 Å². The van der Waals surface area contributed by atoms with E-state index in [2.05, 4.69) is 4.98 Å². The summed E-state index contributed by atoms with van der Waals surface area (Å²) in [5, 5.41) is 11.5. The normalized spacial score (nSPS) is 12.2. The van der Waals surface area contributed by atoms with Gasteiger partial charge in [0.25, 0.3) is 0 Å². The molecule has 0 radical (unpaired) electrons. The van der Waals surface area contributed by atoms with Crippen LogP contribution in [0.4, 0.5) is 0 Å². The van der Waals surface area contributed by atoms with Crippen molar-refractivity contribution in [2.75, 3.05) is 19.8 Å². The molecule has 1 aromatic rings. The highest BCUT2D eigenvalue weighted by Crippen LogP contribution is 2.18. The van der Waals surface area contributed by atoms with Crippen LogP contribution in [0, 0.1) is 5.92 Å². The van der Waals surface area contributed by atoms with Crippen LogP contribution in [-0.2, 0) is 21.8 Å². The van der Waals surface area contributed by atoms with Crippen LogP contribution in [0.25, 0.3) is 0 Å². The van der Waals surface area contributed by atoms with Gasteiger partial charge in [0.05, 0.1) is 18.0 Å². The lowest BCUT2D eigenvalue weighted by Crippen LogP contribution is -2.23. The molecule has 0 saturated carbocycles. The second-order valence-electron chi connectivity index (χ2n) is 4.45. The van der Waals surface area contributed by atoms with E-state index in [1.807, 2.05) is 5.38 Å². The van der Waals surface area contributed by atoms with E-state index >= 15 is 0 Å². The summed E-state index contributed by atoms with van der Waals surface area (Å²) >= 11 is 3.02. The maximum Gasteiger partial charge on any atom is 0.307 e. The zero-order valence-corrected chi connectivity index (χ0v) is 12.9. The van der Waals surface area contributed by atoms with Gasteiger partial charge >= 0.3 is 5.97 Å². The number of nitrogens with zero attached hydrogens (tertiary/aromatic N) is 2. The Morgan fingerprint density at radius 2 is 2.21 bits per heavy atom. The monoisotopic (exact) mass is 302 g/mol. The van der Waals surface area contributed by atoms with E-state index in [-0.39, 0.29) is 11.8 Å². The Hall–Kier alpha value is -1.08. The van der Waals surface area contributed by atoms with Crippen molar-refractivity contribution in [3.8, 4) is 0 Å². The number of rotatable bonds is 7. The summed E-state index contributed by atoms with van der Waals surface area (Å²) in [6, 6.07) is 0. The number of carbonyl (C=O) groups is 2. The summed E-state index contributed by atoms with van der Waals surface area (Å²) < 4.78 is 0. The number of hydrogen-bond acceptors (Lipinski definition) is 5. The zero-order chi connectivity index (χ0) is 14.4. The van der Waals surface area contributed by atoms with Gasteiger partial charge in [-0.05, 0) is 0 Å². The molecule has 1 rings (SSSR count). The lowest BCUT2D eigenvalue weighted by molar-refractivity contribution is -0.140. The van der Waals surface area contributed by atoms with E-state index in [0.29, 0.717) is 17.9 Å². The SMILES string of the molecule is CC(CSCc1csc(CC(=O)N(C)C)n1)C(=O)O. The number of amides is 1. The molecule has 0 bridgehead atoms. The van der Waals surface area contributed by atoms with Crippen LogP contribution in [-0.4, -0.2) is 46.7 Å². The van der Waals surface area contributed by atoms with E-state index in [1.165, 1.54) is 11.3 Å². The van der Waals surface area contributed by atoms with Crippen LogP contribution < -0.4 is 0 Å². The minimum Gasteiger partial charge on any atom is -0.481 e. The van der Waals surface area contributed by atoms with Gasteiger partial charge in [-0.25, -0.2) is 4.98 Å². The van der Waals surface area contributed by atoms with Gasteiger partial charge < -0.3 is 10.0 Å². The molecule has 1 N–H and O–H groups in total. The fraction of sp³-hybridized carbons (Fsp3) is 0.583. The molecule has 1 aromatic heterocycles. The number of likely N-dealkylation sites (N-methyl/N-ethyl adjacent to an activating group) is 1. The lowest BCUT2D eigenvalue weighted by Gasteiger charge is -2.07. The highest BCUT2D eigenvalue weighted by atomic mass is 32.2. The first-order chi connectivity index (χ1) is 8.90. The first kappa shape index (κ1) is 16.0. The van der Waals surface area contributed by atoms with E-state index in [1.54, 1.807) is 37.7 Å². The molecule has 1 amide bonds. The molecule has 1 heterocycles. The molecule has 1 unspecified atom stereocenters. The van der Waals surface area contributed by atoms with E-state index < -0.39 is 5.97 Å². The summed E-state index contributed by atoms with van der Waals surface area (Å²) in [5.41, 5.74) is 0.911. The maximum absolute atomic E-state index is 11.5. The van der Waals surface area contributed by atoms with Gasteiger partial charge in [-0.1, -0.05) is 6.92 Å². The van der Waals surface area contributed by atoms with E-state index in [4.69, 9.17) is 5.11 Å². The van der Waals surface area contributed by atoms with Gasteiger partial charge in [0.15, 0.2) is 0 Å². The molecule has 0 fully saturated rings. The van der Waals surface area contributed by atoms with Crippen molar-refractivity contribution in [3.05, 3.63) is 16.1 Å². The van der Waals surface area contributed by atoms with Gasteiger partial charge in [-0.15, -0.1) is 11.3 Å². The lowest BCUT2D eigenvalue weighted by atomic mass is 10.2. The topological polar surface area (TPSA) is 70.5 Å². The van der Waals surface area contributed by atoms with E-state index in [0.717, 1.165) is 10.7 Å². The summed E-state index contributed by atoms with van der Waals surface area (Å²) in [5.74, 6) is 0.165. The largest absolute Gasteiger partial charge is 0.481 e. The molecule has 106 valence electrons. The highest BCUT2D eigenvalue weighted by molar-refractivity contribution is 7.98. The van der Waals surface area contributed by atoms with Crippen LogP contribution in [0.2, 0.25) is 0 Å². The first-order valence-electron chi connectivity index (χ1n) is 5.84. The van der Waals surface area contributed by atoms with Crippen molar-refractivity contribution < 1.29 is 14.7 Å². The summed E-state index contributed by atoms with van der Waals surface area (Å²) in [6.45, 7) is 1.69. The maximum atomic E-state index is 11.5. The van der Waals surface area contributed by atoms with Gasteiger partial charge in [0.2, 0.25) is 5.91 Å². The summed E-state index contributed by atoms with van der Waals surface area (Å²) in [6.07, 6.45) is 0.327. The van der Waals surface area contributed by atoms with Gasteiger partial charge in [-0.3, -0.25) is 9.59 Å². The Balaban J connectivity index is 2.39. The molecule has 0 aliphatic carbocycles. The van der Waals surface area contributed by atoms with Crippen molar-refractivity contribution >= 4 is 35.0 Å². The molecular formula is C12H18N2O3S2. The molecule has 5 nitrogen and oxygen atoms in total. The Bertz CT molecular complexity index is 446. The molecular weight excluding hydrogens is 284 g/mol. The fourth-order valence-electron chi connectivity index (χ4n) is 1.20. The predicted molar refractivity (Wildman–Crippen MR) is 77.5 cm³/mol. The Labute approximate surface area is 121 Å². The molecule has 0 aromatic carbocycles. The number of carboxylic acids is 1. The average Bonchev–Trinajstić information content (AvgIpc) is 2.76. The third-order valence-corrected chi connectivity index (χ3v) is 4.57. The van der Waals surface area contributed by atoms with Gasteiger partial charge in [0, 0.05) is 31.0 Å². The Morgan fingerprint density at radius 3 is 2.79 bits per heavy atom. The van der Waals surface area contributed by atoms with Crippen molar-refractivity contribution in [1.29, 1.82) is 0 Å². The molecule has 0 aliphatic heterocycles. The fourth-order valence-corrected chi connectivity index (χ4v) is 3.06. The standard InChI is InChI=1S/C12H18N2O3S2/c1-8(12(16)17)5-18-6-9-7-19-10(13-9)4-11(15)14(2)3/h7-8H,4-6H2,1-3H3,(H,16,17). The highest BCUT2D eigenvalue weighted by Gasteiger charge is 2.12. The minimum atomic E-state index is -0.775. The van der Waals surface area contributed by atoms with Crippen LogP contribution in [0.15, 0.2) is 5.38 Å². The Morgan fingerprint density at radius 1 is 1.53 bits per heavy atom. The molecule has 0 saturated heterocycles. The molecule has 19 heavy (non-hydrogen) atoms. The molecule has 7 heteroatoms. The summed E-state index contributed by atoms with van der Waals surface area (Å²) in [4.78, 5) is 28.1. The summed E-state index contributed by atoms with van der Waals surface area (Å²) in [7, 11) is 3.44. The number of aliphatic carboxylic acids is 1. The first-order valence-corrected chi connectivity index (χ1v) is 7.87.